The van der Waals surface area contributed by atoms with Gasteiger partial charge in [-0.2, -0.15) is 4.98 Å². The Kier molecular flexibility index (Phi) is 4.21. The third-order valence-corrected chi connectivity index (χ3v) is 4.87. The largest absolute Gasteiger partial charge is 0.368 e. The fourth-order valence-electron chi connectivity index (χ4n) is 2.83. The number of benzene rings is 2. The van der Waals surface area contributed by atoms with Crippen LogP contribution < -0.4 is 11.1 Å². The van der Waals surface area contributed by atoms with Crippen molar-refractivity contribution in [2.75, 3.05) is 16.8 Å². The molecule has 1 heterocycles. The van der Waals surface area contributed by atoms with Gasteiger partial charge in [-0.05, 0) is 18.2 Å². The Bertz CT molecular complexity index is 1090. The Balaban J connectivity index is 1.52. The minimum atomic E-state index is -0.293. The highest BCUT2D eigenvalue weighted by atomic mass is 32.2. The first kappa shape index (κ1) is 17.0. The number of nitrogens with two attached hydrogens (primary N) is 1. The average Bonchev–Trinajstić information content (AvgIpc) is 3.10. The van der Waals surface area contributed by atoms with E-state index in [4.69, 9.17) is 5.73 Å². The van der Waals surface area contributed by atoms with Crippen molar-refractivity contribution in [3.63, 3.8) is 0 Å². The van der Waals surface area contributed by atoms with Gasteiger partial charge in [-0.25, -0.2) is 5.10 Å². The molecule has 0 aliphatic heterocycles. The first-order valence-corrected chi connectivity index (χ1v) is 8.94. The van der Waals surface area contributed by atoms with Crippen molar-refractivity contribution < 1.29 is 14.4 Å². The van der Waals surface area contributed by atoms with Crippen molar-refractivity contribution in [2.45, 2.75) is 5.16 Å². The van der Waals surface area contributed by atoms with Gasteiger partial charge >= 0.3 is 0 Å². The summed E-state index contributed by atoms with van der Waals surface area (Å²) in [7, 11) is 0. The fraction of sp³-hybridized carbons (Fsp3) is 0.0556. The number of aromatic amines is 1. The van der Waals surface area contributed by atoms with Gasteiger partial charge < -0.3 is 11.1 Å². The Morgan fingerprint density at radius 3 is 2.37 bits per heavy atom. The molecule has 1 aliphatic rings. The lowest BCUT2D eigenvalue weighted by Gasteiger charge is -2.18. The van der Waals surface area contributed by atoms with Crippen LogP contribution in [0.2, 0.25) is 0 Å². The molecule has 0 radical (unpaired) electrons. The highest BCUT2D eigenvalue weighted by Crippen LogP contribution is 2.29. The van der Waals surface area contributed by atoms with E-state index >= 15 is 0 Å². The van der Waals surface area contributed by atoms with E-state index in [9.17, 15) is 14.4 Å². The number of aromatic nitrogens is 3. The number of hydrogen-bond donors (Lipinski definition) is 3. The Hall–Kier alpha value is -3.46. The van der Waals surface area contributed by atoms with Crippen LogP contribution in [0.15, 0.2) is 47.6 Å². The SMILES string of the molecule is Nc1nc(SCC(=O)Nc2ccc3c(c2)C(=O)c2ccccc2C3=O)n[nH]1. The number of thioether (sulfide) groups is 1. The van der Waals surface area contributed by atoms with Crippen molar-refractivity contribution >= 4 is 40.9 Å². The lowest BCUT2D eigenvalue weighted by molar-refractivity contribution is -0.113. The van der Waals surface area contributed by atoms with E-state index < -0.39 is 0 Å². The molecule has 1 aliphatic carbocycles. The van der Waals surface area contributed by atoms with Crippen LogP contribution in [0.5, 0.6) is 0 Å². The molecule has 4 rings (SSSR count). The second-order valence-corrected chi connectivity index (χ2v) is 6.75. The molecule has 2 aromatic carbocycles. The standard InChI is InChI=1S/C18H13N5O3S/c19-17-21-18(23-22-17)27-8-14(24)20-9-5-6-12-13(7-9)16(26)11-4-2-1-3-10(11)15(12)25/h1-7H,8H2,(H,20,24)(H3,19,21,22,23). The van der Waals surface area contributed by atoms with E-state index in [1.54, 1.807) is 36.4 Å². The van der Waals surface area contributed by atoms with E-state index in [1.807, 2.05) is 0 Å². The Morgan fingerprint density at radius 2 is 1.70 bits per heavy atom. The van der Waals surface area contributed by atoms with Gasteiger partial charge in [0.25, 0.3) is 0 Å². The molecule has 0 spiro atoms. The van der Waals surface area contributed by atoms with Gasteiger partial charge in [-0.1, -0.05) is 36.0 Å². The van der Waals surface area contributed by atoms with E-state index in [-0.39, 0.29) is 34.7 Å². The molecule has 4 N–H and O–H groups in total. The zero-order valence-corrected chi connectivity index (χ0v) is 14.7. The lowest BCUT2D eigenvalue weighted by atomic mass is 9.84. The number of H-pyrrole nitrogens is 1. The molecule has 1 amide bonds. The highest BCUT2D eigenvalue weighted by molar-refractivity contribution is 7.99. The monoisotopic (exact) mass is 379 g/mol. The van der Waals surface area contributed by atoms with Gasteiger partial charge in [0.15, 0.2) is 11.6 Å². The summed E-state index contributed by atoms with van der Waals surface area (Å²) in [5.41, 5.74) is 7.26. The van der Waals surface area contributed by atoms with Gasteiger partial charge in [-0.15, -0.1) is 5.10 Å². The molecule has 0 atom stereocenters. The maximum absolute atomic E-state index is 12.7. The number of ketones is 2. The number of rotatable bonds is 4. The third kappa shape index (κ3) is 3.20. The van der Waals surface area contributed by atoms with Gasteiger partial charge in [0.05, 0.1) is 5.75 Å². The van der Waals surface area contributed by atoms with Crippen LogP contribution in [-0.4, -0.2) is 38.4 Å². The van der Waals surface area contributed by atoms with E-state index in [2.05, 4.69) is 20.5 Å². The number of fused-ring (bicyclic) bond motifs is 2. The molecule has 134 valence electrons. The summed E-state index contributed by atoms with van der Waals surface area (Å²) in [6.45, 7) is 0. The predicted molar refractivity (Wildman–Crippen MR) is 99.9 cm³/mol. The van der Waals surface area contributed by atoms with E-state index in [0.717, 1.165) is 11.8 Å². The molecule has 0 unspecified atom stereocenters. The maximum Gasteiger partial charge on any atom is 0.234 e. The molecule has 0 bridgehead atoms. The van der Waals surface area contributed by atoms with Crippen LogP contribution in [-0.2, 0) is 4.79 Å². The summed E-state index contributed by atoms with van der Waals surface area (Å²) in [5.74, 6) is -0.476. The number of carbonyl (C=O) groups is 3. The second kappa shape index (κ2) is 6.69. The van der Waals surface area contributed by atoms with E-state index in [1.165, 1.54) is 6.07 Å². The van der Waals surface area contributed by atoms with Gasteiger partial charge in [0.2, 0.25) is 17.0 Å². The van der Waals surface area contributed by atoms with Crippen molar-refractivity contribution in [3.8, 4) is 0 Å². The zero-order chi connectivity index (χ0) is 19.0. The highest BCUT2D eigenvalue weighted by Gasteiger charge is 2.29. The summed E-state index contributed by atoms with van der Waals surface area (Å²) >= 11 is 1.12. The number of nitrogen functional groups attached to an aromatic ring is 1. The normalized spacial score (nSPS) is 12.4. The predicted octanol–water partition coefficient (Wildman–Crippen LogP) is 1.89. The molecular weight excluding hydrogens is 366 g/mol. The summed E-state index contributed by atoms with van der Waals surface area (Å²) in [6.07, 6.45) is 0. The zero-order valence-electron chi connectivity index (χ0n) is 13.9. The van der Waals surface area contributed by atoms with Gasteiger partial charge in [0, 0.05) is 27.9 Å². The van der Waals surface area contributed by atoms with Crippen LogP contribution in [0.1, 0.15) is 31.8 Å². The molecule has 8 nitrogen and oxygen atoms in total. The number of hydrogen-bond acceptors (Lipinski definition) is 7. The number of anilines is 2. The number of nitrogens with zero attached hydrogens (tertiary/aromatic N) is 2. The van der Waals surface area contributed by atoms with Crippen molar-refractivity contribution in [3.05, 3.63) is 64.7 Å². The first-order chi connectivity index (χ1) is 13.0. The topological polar surface area (TPSA) is 131 Å². The number of carbonyl (C=O) groups excluding carboxylic acids is 3. The molecule has 0 fully saturated rings. The second-order valence-electron chi connectivity index (χ2n) is 5.80. The van der Waals surface area contributed by atoms with Crippen molar-refractivity contribution in [2.24, 2.45) is 0 Å². The van der Waals surface area contributed by atoms with E-state index in [0.29, 0.717) is 27.5 Å². The van der Waals surface area contributed by atoms with Crippen LogP contribution >= 0.6 is 11.8 Å². The molecule has 0 saturated carbocycles. The van der Waals surface area contributed by atoms with Crippen LogP contribution in [0.3, 0.4) is 0 Å². The number of amides is 1. The molecule has 3 aromatic rings. The summed E-state index contributed by atoms with van der Waals surface area (Å²) in [5, 5.41) is 9.39. The molecule has 1 aromatic heterocycles. The summed E-state index contributed by atoms with van der Waals surface area (Å²) in [4.78, 5) is 41.3. The Morgan fingerprint density at radius 1 is 1.04 bits per heavy atom. The molecule has 9 heteroatoms. The average molecular weight is 379 g/mol. The summed E-state index contributed by atoms with van der Waals surface area (Å²) in [6, 6.07) is 11.4. The van der Waals surface area contributed by atoms with Crippen molar-refractivity contribution in [1.29, 1.82) is 0 Å². The molecule has 27 heavy (non-hydrogen) atoms. The van der Waals surface area contributed by atoms with Crippen molar-refractivity contribution in [1.82, 2.24) is 15.2 Å². The minimum Gasteiger partial charge on any atom is -0.368 e. The molecular formula is C18H13N5O3S. The van der Waals surface area contributed by atoms with Crippen LogP contribution in [0, 0.1) is 0 Å². The molecule has 0 saturated heterocycles. The van der Waals surface area contributed by atoms with Gasteiger partial charge in [0.1, 0.15) is 0 Å². The third-order valence-electron chi connectivity index (χ3n) is 4.02. The smallest absolute Gasteiger partial charge is 0.234 e. The Labute approximate surface area is 157 Å². The van der Waals surface area contributed by atoms with Gasteiger partial charge in [-0.3, -0.25) is 14.4 Å². The summed E-state index contributed by atoms with van der Waals surface area (Å²) < 4.78 is 0. The fourth-order valence-corrected chi connectivity index (χ4v) is 3.43. The van der Waals surface area contributed by atoms with Crippen LogP contribution in [0.4, 0.5) is 11.6 Å². The maximum atomic E-state index is 12.7. The van der Waals surface area contributed by atoms with Crippen LogP contribution in [0.25, 0.3) is 0 Å². The minimum absolute atomic E-state index is 0.0735. The lowest BCUT2D eigenvalue weighted by Crippen LogP contribution is -2.21. The first-order valence-electron chi connectivity index (χ1n) is 7.96. The number of nitrogens with one attached hydrogen (secondary N) is 2. The quantitative estimate of drug-likeness (QED) is 0.461.